The summed E-state index contributed by atoms with van der Waals surface area (Å²) >= 11 is 0. The van der Waals surface area contributed by atoms with Crippen LogP contribution in [0.25, 0.3) is 0 Å². The van der Waals surface area contributed by atoms with Gasteiger partial charge in [0, 0.05) is 12.8 Å². The van der Waals surface area contributed by atoms with Gasteiger partial charge < -0.3 is 9.04 Å². The maximum atomic E-state index is 11.1. The molecule has 0 aromatic rings. The van der Waals surface area contributed by atoms with Gasteiger partial charge in [0.25, 0.3) is 0 Å². The fourth-order valence-corrected chi connectivity index (χ4v) is 0.927. The molecule has 0 saturated carbocycles. The van der Waals surface area contributed by atoms with Crippen LogP contribution < -0.4 is 0 Å². The molecule has 7 heteroatoms. The number of carbonyl (C=O) groups is 1. The predicted octanol–water partition coefficient (Wildman–Crippen LogP) is 0.711. The van der Waals surface area contributed by atoms with Crippen molar-refractivity contribution in [3.63, 3.8) is 0 Å². The van der Waals surface area contributed by atoms with Crippen molar-refractivity contribution in [2.75, 3.05) is 34.8 Å². The Balaban J connectivity index is 0. The summed E-state index contributed by atoms with van der Waals surface area (Å²) < 4.78 is 31.9. The minimum Gasteiger partial charge on any atom is -0.726 e. The molecular formula is C11H23NO5S. The van der Waals surface area contributed by atoms with Gasteiger partial charge in [-0.1, -0.05) is 6.58 Å². The summed E-state index contributed by atoms with van der Waals surface area (Å²) in [7, 11) is 2.79. The molecule has 108 valence electrons. The highest BCUT2D eigenvalue weighted by molar-refractivity contribution is 7.80. The van der Waals surface area contributed by atoms with Crippen LogP contribution in [0.4, 0.5) is 0 Å². The number of hydrogen-bond acceptors (Lipinski definition) is 5. The molecule has 0 bridgehead atoms. The van der Waals surface area contributed by atoms with Crippen LogP contribution in [0.2, 0.25) is 0 Å². The maximum Gasteiger partial charge on any atom is 0.217 e. The van der Waals surface area contributed by atoms with Crippen molar-refractivity contribution in [2.24, 2.45) is 0 Å². The van der Waals surface area contributed by atoms with E-state index in [4.69, 9.17) is 0 Å². The van der Waals surface area contributed by atoms with E-state index in [0.29, 0.717) is 12.0 Å². The van der Waals surface area contributed by atoms with Crippen LogP contribution in [0.1, 0.15) is 19.8 Å². The van der Waals surface area contributed by atoms with Crippen LogP contribution in [0.5, 0.6) is 0 Å². The van der Waals surface area contributed by atoms with Gasteiger partial charge in [0.1, 0.15) is 0 Å². The Morgan fingerprint density at radius 2 is 1.72 bits per heavy atom. The first kappa shape index (κ1) is 19.6. The van der Waals surface area contributed by atoms with Gasteiger partial charge in [-0.2, -0.15) is 0 Å². The van der Waals surface area contributed by atoms with Crippen LogP contribution in [-0.2, 0) is 19.4 Å². The van der Waals surface area contributed by atoms with E-state index < -0.39 is 10.4 Å². The first-order chi connectivity index (χ1) is 7.89. The van der Waals surface area contributed by atoms with Gasteiger partial charge >= 0.3 is 0 Å². The minimum absolute atomic E-state index is 0.198. The largest absolute Gasteiger partial charge is 0.726 e. The molecule has 0 aliphatic carbocycles. The predicted molar refractivity (Wildman–Crippen MR) is 68.7 cm³/mol. The van der Waals surface area contributed by atoms with E-state index in [1.165, 1.54) is 0 Å². The highest BCUT2D eigenvalue weighted by atomic mass is 32.3. The van der Waals surface area contributed by atoms with Crippen molar-refractivity contribution in [3.05, 3.63) is 12.2 Å². The van der Waals surface area contributed by atoms with Gasteiger partial charge in [0.05, 0.1) is 34.8 Å². The number of nitrogens with zero attached hydrogens (tertiary/aromatic N) is 1. The number of rotatable bonds is 6. The van der Waals surface area contributed by atoms with Crippen molar-refractivity contribution in [1.82, 2.24) is 0 Å². The SMILES string of the molecule is C=C(C)C(=O)CCC[N+](C)(C)C.COS(=O)(=O)[O-]. The normalized spacial score (nSPS) is 11.4. The highest BCUT2D eigenvalue weighted by Crippen LogP contribution is 2.02. The fourth-order valence-electron chi connectivity index (χ4n) is 0.927. The third-order valence-corrected chi connectivity index (χ3v) is 2.32. The second kappa shape index (κ2) is 8.36. The van der Waals surface area contributed by atoms with E-state index in [0.717, 1.165) is 24.6 Å². The monoisotopic (exact) mass is 281 g/mol. The molecule has 0 amide bonds. The lowest BCUT2D eigenvalue weighted by atomic mass is 10.1. The zero-order valence-corrected chi connectivity index (χ0v) is 12.5. The molecule has 6 nitrogen and oxygen atoms in total. The van der Waals surface area contributed by atoms with E-state index in [1.54, 1.807) is 6.92 Å². The Labute approximate surface area is 110 Å². The number of carbonyl (C=O) groups excluding carboxylic acids is 1. The molecule has 0 heterocycles. The van der Waals surface area contributed by atoms with Crippen LogP contribution in [0.15, 0.2) is 12.2 Å². The van der Waals surface area contributed by atoms with Crippen molar-refractivity contribution < 1.29 is 26.4 Å². The molecular weight excluding hydrogens is 258 g/mol. The Morgan fingerprint density at radius 3 is 1.94 bits per heavy atom. The smallest absolute Gasteiger partial charge is 0.217 e. The number of hydrogen-bond donors (Lipinski definition) is 0. The number of quaternary nitrogens is 1. The van der Waals surface area contributed by atoms with Gasteiger partial charge in [0.2, 0.25) is 10.4 Å². The van der Waals surface area contributed by atoms with Crippen molar-refractivity contribution >= 4 is 16.2 Å². The van der Waals surface area contributed by atoms with Gasteiger partial charge in [-0.05, 0) is 12.5 Å². The van der Waals surface area contributed by atoms with E-state index in [-0.39, 0.29) is 5.78 Å². The average molecular weight is 281 g/mol. The average Bonchev–Trinajstić information content (AvgIpc) is 2.15. The number of allylic oxidation sites excluding steroid dienone is 1. The molecule has 0 saturated heterocycles. The summed E-state index contributed by atoms with van der Waals surface area (Å²) in [4.78, 5) is 11.1. The van der Waals surface area contributed by atoms with Crippen LogP contribution in [-0.4, -0.2) is 58.0 Å². The molecule has 0 aliphatic rings. The van der Waals surface area contributed by atoms with Gasteiger partial charge in [0.15, 0.2) is 5.78 Å². The van der Waals surface area contributed by atoms with Crippen LogP contribution in [0, 0.1) is 0 Å². The van der Waals surface area contributed by atoms with Crippen LogP contribution in [0.3, 0.4) is 0 Å². The molecule has 0 aliphatic heterocycles. The lowest BCUT2D eigenvalue weighted by molar-refractivity contribution is -0.870. The Hall–Kier alpha value is -0.760. The third-order valence-electron chi connectivity index (χ3n) is 1.91. The lowest BCUT2D eigenvalue weighted by Crippen LogP contribution is -2.35. The second-order valence-corrected chi connectivity index (χ2v) is 6.05. The highest BCUT2D eigenvalue weighted by Gasteiger charge is 2.08. The van der Waals surface area contributed by atoms with Crippen molar-refractivity contribution in [1.29, 1.82) is 0 Å². The van der Waals surface area contributed by atoms with Crippen molar-refractivity contribution in [2.45, 2.75) is 19.8 Å². The molecule has 0 aromatic heterocycles. The van der Waals surface area contributed by atoms with Crippen LogP contribution >= 0.6 is 0 Å². The van der Waals surface area contributed by atoms with Gasteiger partial charge in [-0.3, -0.25) is 8.98 Å². The molecule has 0 atom stereocenters. The molecule has 0 spiro atoms. The maximum absolute atomic E-state index is 11.1. The molecule has 0 aromatic carbocycles. The number of Topliss-reactive ketones (excluding diaryl/α,β-unsaturated/α-hetero) is 1. The molecule has 0 unspecified atom stereocenters. The fraction of sp³-hybridized carbons (Fsp3) is 0.727. The summed E-state index contributed by atoms with van der Waals surface area (Å²) in [5.41, 5.74) is 0.677. The van der Waals surface area contributed by atoms with Gasteiger partial charge in [-0.15, -0.1) is 0 Å². The summed E-state index contributed by atoms with van der Waals surface area (Å²) in [6, 6.07) is 0. The van der Waals surface area contributed by atoms with Gasteiger partial charge in [-0.25, -0.2) is 8.42 Å². The standard InChI is InChI=1S/C10H20NO.CH4O4S/c1-9(2)10(12)7-6-8-11(3,4)5;1-5-6(2,3)4/h1,6-8H2,2-5H3;1H3,(H,2,3,4)/q+1;/p-1. The first-order valence-electron chi connectivity index (χ1n) is 5.39. The molecule has 0 rings (SSSR count). The minimum atomic E-state index is -4.41. The van der Waals surface area contributed by atoms with E-state index in [9.17, 15) is 17.8 Å². The van der Waals surface area contributed by atoms with Crippen molar-refractivity contribution in [3.8, 4) is 0 Å². The zero-order valence-electron chi connectivity index (χ0n) is 11.7. The topological polar surface area (TPSA) is 83.5 Å². The molecule has 18 heavy (non-hydrogen) atoms. The molecule has 0 N–H and O–H groups in total. The Bertz CT molecular complexity index is 367. The van der Waals surface area contributed by atoms with E-state index >= 15 is 0 Å². The number of ketones is 1. The summed E-state index contributed by atoms with van der Waals surface area (Å²) in [5.74, 6) is 0.198. The first-order valence-corrected chi connectivity index (χ1v) is 6.73. The Morgan fingerprint density at radius 1 is 1.33 bits per heavy atom. The van der Waals surface area contributed by atoms with E-state index in [2.05, 4.69) is 31.9 Å². The summed E-state index contributed by atoms with van der Waals surface area (Å²) in [6.07, 6.45) is 1.60. The lowest BCUT2D eigenvalue weighted by Gasteiger charge is -2.23. The molecule has 0 radical (unpaired) electrons. The molecule has 0 fully saturated rings. The zero-order chi connectivity index (χ0) is 15.0. The third kappa shape index (κ3) is 17.6. The van der Waals surface area contributed by atoms with E-state index in [1.807, 2.05) is 0 Å². The summed E-state index contributed by atoms with van der Waals surface area (Å²) in [6.45, 7) is 6.43. The quantitative estimate of drug-likeness (QED) is 0.310. The Kier molecular flexibility index (Phi) is 9.09. The second-order valence-electron chi connectivity index (χ2n) is 4.90. The summed E-state index contributed by atoms with van der Waals surface area (Å²) in [5, 5.41) is 0.